The van der Waals surface area contributed by atoms with E-state index in [2.05, 4.69) is 21.1 Å². The van der Waals surface area contributed by atoms with Gasteiger partial charge in [0.2, 0.25) is 0 Å². The smallest absolute Gasteiger partial charge is 0.137 e. The van der Waals surface area contributed by atoms with E-state index >= 15 is 0 Å². The second kappa shape index (κ2) is 4.20. The van der Waals surface area contributed by atoms with Gasteiger partial charge in [0.25, 0.3) is 0 Å². The fourth-order valence-corrected chi connectivity index (χ4v) is 1.82. The second-order valence-corrected chi connectivity index (χ2v) is 3.48. The average Bonchev–Trinajstić information content (AvgIpc) is 2.85. The van der Waals surface area contributed by atoms with Crippen LogP contribution in [0.25, 0.3) is 0 Å². The minimum absolute atomic E-state index is 0.110. The highest BCUT2D eigenvalue weighted by atomic mass is 15.3. The van der Waals surface area contributed by atoms with Gasteiger partial charge in [0.1, 0.15) is 12.7 Å². The molecule has 1 fully saturated rings. The summed E-state index contributed by atoms with van der Waals surface area (Å²) in [7, 11) is 0. The Kier molecular flexibility index (Phi) is 2.75. The SMILES string of the molecule is N#CC1CCCN1CCn1cncn1. The Balaban J connectivity index is 1.83. The van der Waals surface area contributed by atoms with Gasteiger partial charge < -0.3 is 0 Å². The van der Waals surface area contributed by atoms with E-state index in [4.69, 9.17) is 5.26 Å². The van der Waals surface area contributed by atoms with Crippen LogP contribution in [0.5, 0.6) is 0 Å². The van der Waals surface area contributed by atoms with Crippen LogP contribution >= 0.6 is 0 Å². The molecule has 2 heterocycles. The van der Waals surface area contributed by atoms with Gasteiger partial charge in [0, 0.05) is 6.54 Å². The molecule has 5 nitrogen and oxygen atoms in total. The van der Waals surface area contributed by atoms with Crippen LogP contribution in [0.3, 0.4) is 0 Å². The van der Waals surface area contributed by atoms with Gasteiger partial charge in [-0.3, -0.25) is 9.58 Å². The van der Waals surface area contributed by atoms with Crippen molar-refractivity contribution in [3.63, 3.8) is 0 Å². The fraction of sp³-hybridized carbons (Fsp3) is 0.667. The number of likely N-dealkylation sites (tertiary alicyclic amines) is 1. The monoisotopic (exact) mass is 191 g/mol. The molecular weight excluding hydrogens is 178 g/mol. The second-order valence-electron chi connectivity index (χ2n) is 3.48. The summed E-state index contributed by atoms with van der Waals surface area (Å²) < 4.78 is 1.80. The first-order valence-corrected chi connectivity index (χ1v) is 4.86. The Bertz CT molecular complexity index is 312. The van der Waals surface area contributed by atoms with Crippen LogP contribution in [0.4, 0.5) is 0 Å². The van der Waals surface area contributed by atoms with Gasteiger partial charge in [0.05, 0.1) is 18.7 Å². The van der Waals surface area contributed by atoms with Gasteiger partial charge in [-0.1, -0.05) is 0 Å². The summed E-state index contributed by atoms with van der Waals surface area (Å²) >= 11 is 0. The third kappa shape index (κ3) is 1.91. The summed E-state index contributed by atoms with van der Waals surface area (Å²) in [6.45, 7) is 2.74. The fourth-order valence-electron chi connectivity index (χ4n) is 1.82. The van der Waals surface area contributed by atoms with Crippen LogP contribution < -0.4 is 0 Å². The predicted molar refractivity (Wildman–Crippen MR) is 50.2 cm³/mol. The van der Waals surface area contributed by atoms with Crippen LogP contribution in [0.1, 0.15) is 12.8 Å². The van der Waals surface area contributed by atoms with E-state index in [0.717, 1.165) is 32.5 Å². The molecule has 0 spiro atoms. The van der Waals surface area contributed by atoms with Crippen molar-refractivity contribution in [1.29, 1.82) is 5.26 Å². The molecule has 1 aromatic rings. The van der Waals surface area contributed by atoms with Crippen molar-refractivity contribution in [2.75, 3.05) is 13.1 Å². The summed E-state index contributed by atoms with van der Waals surface area (Å²) in [5.41, 5.74) is 0. The predicted octanol–water partition coefficient (Wildman–Crippen LogP) is 0.266. The van der Waals surface area contributed by atoms with Crippen molar-refractivity contribution in [2.45, 2.75) is 25.4 Å². The third-order valence-corrected chi connectivity index (χ3v) is 2.60. The van der Waals surface area contributed by atoms with E-state index in [1.54, 1.807) is 11.0 Å². The van der Waals surface area contributed by atoms with Crippen LogP contribution in [-0.4, -0.2) is 38.8 Å². The number of hydrogen-bond acceptors (Lipinski definition) is 4. The van der Waals surface area contributed by atoms with Gasteiger partial charge in [-0.2, -0.15) is 10.4 Å². The molecule has 0 bridgehead atoms. The molecule has 0 amide bonds. The van der Waals surface area contributed by atoms with Gasteiger partial charge in [-0.05, 0) is 19.4 Å². The van der Waals surface area contributed by atoms with E-state index in [-0.39, 0.29) is 6.04 Å². The van der Waals surface area contributed by atoms with Crippen molar-refractivity contribution < 1.29 is 0 Å². The van der Waals surface area contributed by atoms with Crippen molar-refractivity contribution in [3.05, 3.63) is 12.7 Å². The Morgan fingerprint density at radius 3 is 3.14 bits per heavy atom. The Labute approximate surface area is 83.0 Å². The minimum Gasteiger partial charge on any atom is -0.286 e. The highest BCUT2D eigenvalue weighted by Gasteiger charge is 2.23. The van der Waals surface area contributed by atoms with Crippen LogP contribution in [0.2, 0.25) is 0 Å². The first-order valence-electron chi connectivity index (χ1n) is 4.86. The van der Waals surface area contributed by atoms with E-state index in [9.17, 15) is 0 Å². The molecule has 5 heteroatoms. The number of aromatic nitrogens is 3. The molecule has 1 atom stereocenters. The number of rotatable bonds is 3. The van der Waals surface area contributed by atoms with Gasteiger partial charge in [0.15, 0.2) is 0 Å². The molecule has 14 heavy (non-hydrogen) atoms. The maximum Gasteiger partial charge on any atom is 0.137 e. The third-order valence-electron chi connectivity index (χ3n) is 2.60. The average molecular weight is 191 g/mol. The molecular formula is C9H13N5. The lowest BCUT2D eigenvalue weighted by Gasteiger charge is -2.18. The highest BCUT2D eigenvalue weighted by molar-refractivity contribution is 4.95. The molecule has 0 N–H and O–H groups in total. The lowest BCUT2D eigenvalue weighted by molar-refractivity contribution is 0.277. The zero-order chi connectivity index (χ0) is 9.80. The largest absolute Gasteiger partial charge is 0.286 e. The van der Waals surface area contributed by atoms with Crippen LogP contribution in [0.15, 0.2) is 12.7 Å². The Hall–Kier alpha value is -1.41. The molecule has 1 aliphatic rings. The molecule has 0 aromatic carbocycles. The van der Waals surface area contributed by atoms with Crippen molar-refractivity contribution in [1.82, 2.24) is 19.7 Å². The van der Waals surface area contributed by atoms with Gasteiger partial charge in [-0.25, -0.2) is 4.98 Å². The summed E-state index contributed by atoms with van der Waals surface area (Å²) in [4.78, 5) is 6.08. The zero-order valence-electron chi connectivity index (χ0n) is 8.00. The van der Waals surface area contributed by atoms with E-state index < -0.39 is 0 Å². The van der Waals surface area contributed by atoms with E-state index in [0.29, 0.717) is 0 Å². The molecule has 1 aromatic heterocycles. The molecule has 2 rings (SSSR count). The first kappa shape index (κ1) is 9.16. The van der Waals surface area contributed by atoms with Gasteiger partial charge >= 0.3 is 0 Å². The summed E-state index contributed by atoms with van der Waals surface area (Å²) in [5.74, 6) is 0. The molecule has 74 valence electrons. The molecule has 0 radical (unpaired) electrons. The van der Waals surface area contributed by atoms with Crippen LogP contribution in [-0.2, 0) is 6.54 Å². The molecule has 0 saturated carbocycles. The number of nitrogens with zero attached hydrogens (tertiary/aromatic N) is 5. The Morgan fingerprint density at radius 2 is 2.43 bits per heavy atom. The van der Waals surface area contributed by atoms with Crippen molar-refractivity contribution >= 4 is 0 Å². The molecule has 1 unspecified atom stereocenters. The summed E-state index contributed by atoms with van der Waals surface area (Å²) in [6.07, 6.45) is 5.38. The molecule has 0 aliphatic carbocycles. The number of nitriles is 1. The van der Waals surface area contributed by atoms with Crippen molar-refractivity contribution in [3.8, 4) is 6.07 Å². The number of hydrogen-bond donors (Lipinski definition) is 0. The molecule has 1 aliphatic heterocycles. The Morgan fingerprint density at radius 1 is 1.50 bits per heavy atom. The lowest BCUT2D eigenvalue weighted by atomic mass is 10.2. The quantitative estimate of drug-likeness (QED) is 0.688. The normalized spacial score (nSPS) is 22.4. The summed E-state index contributed by atoms with van der Waals surface area (Å²) in [6, 6.07) is 2.43. The van der Waals surface area contributed by atoms with Crippen molar-refractivity contribution in [2.24, 2.45) is 0 Å². The van der Waals surface area contributed by atoms with E-state index in [1.165, 1.54) is 6.33 Å². The van der Waals surface area contributed by atoms with Gasteiger partial charge in [-0.15, -0.1) is 0 Å². The zero-order valence-corrected chi connectivity index (χ0v) is 8.00. The summed E-state index contributed by atoms with van der Waals surface area (Å²) in [5, 5.41) is 12.9. The maximum absolute atomic E-state index is 8.87. The standard InChI is InChI=1S/C9H13N5/c10-6-9-2-1-3-13(9)4-5-14-8-11-7-12-14/h7-9H,1-5H2. The first-order chi connectivity index (χ1) is 6.90. The maximum atomic E-state index is 8.87. The minimum atomic E-state index is 0.110. The lowest BCUT2D eigenvalue weighted by Crippen LogP contribution is -2.31. The molecule has 1 saturated heterocycles. The van der Waals surface area contributed by atoms with E-state index in [1.807, 2.05) is 0 Å². The highest BCUT2D eigenvalue weighted by Crippen LogP contribution is 2.15. The topological polar surface area (TPSA) is 57.7 Å². The van der Waals surface area contributed by atoms with Crippen LogP contribution in [0, 0.1) is 11.3 Å².